The minimum atomic E-state index is 0.204. The molecule has 1 saturated heterocycles. The van der Waals surface area contributed by atoms with Gasteiger partial charge in [-0.25, -0.2) is 4.68 Å². The number of nitrogens with zero attached hydrogens (tertiary/aromatic N) is 5. The van der Waals surface area contributed by atoms with Gasteiger partial charge in [-0.1, -0.05) is 16.9 Å². The summed E-state index contributed by atoms with van der Waals surface area (Å²) >= 11 is 1.52. The van der Waals surface area contributed by atoms with Crippen LogP contribution >= 0.6 is 11.8 Å². The Hall–Kier alpha value is -2.13. The number of hydrogen-bond donors (Lipinski definition) is 0. The molecule has 1 aliphatic rings. The van der Waals surface area contributed by atoms with E-state index in [1.165, 1.54) is 11.8 Å². The number of ether oxygens (including phenoxy) is 1. The summed E-state index contributed by atoms with van der Waals surface area (Å²) in [5.74, 6) is 1.90. The lowest BCUT2D eigenvalue weighted by atomic mass is 10.2. The van der Waals surface area contributed by atoms with E-state index in [1.54, 1.807) is 10.9 Å². The highest BCUT2D eigenvalue weighted by Crippen LogP contribution is 2.25. The van der Waals surface area contributed by atoms with E-state index in [2.05, 4.69) is 20.7 Å². The molecule has 0 spiro atoms. The third-order valence-corrected chi connectivity index (χ3v) is 4.56. The minimum Gasteiger partial charge on any atom is -0.461 e. The van der Waals surface area contributed by atoms with Crippen LogP contribution in [0.3, 0.4) is 0 Å². The predicted octanol–water partition coefficient (Wildman–Crippen LogP) is 2.39. The first-order valence-electron chi connectivity index (χ1n) is 7.38. The second kappa shape index (κ2) is 6.55. The van der Waals surface area contributed by atoms with Gasteiger partial charge < -0.3 is 13.7 Å². The van der Waals surface area contributed by atoms with Crippen molar-refractivity contribution in [1.29, 1.82) is 0 Å². The van der Waals surface area contributed by atoms with Crippen LogP contribution in [-0.2, 0) is 17.0 Å². The molecule has 0 amide bonds. The summed E-state index contributed by atoms with van der Waals surface area (Å²) in [6, 6.07) is 5.51. The standard InChI is InChI=1S/C14H15N5O3S/c1-3-11(20-5-1)8-19-14(15-17-18-19)23-9-10-7-13(22-16-10)12-4-2-6-21-12/h2,4,6-7,11H,1,3,5,8-9H2/t11-/m0/s1. The second-order valence-electron chi connectivity index (χ2n) is 5.23. The van der Waals surface area contributed by atoms with E-state index in [0.29, 0.717) is 23.8 Å². The molecule has 0 unspecified atom stereocenters. The van der Waals surface area contributed by atoms with Crippen molar-refractivity contribution in [2.45, 2.75) is 36.4 Å². The Bertz CT molecular complexity index is 748. The Kier molecular flexibility index (Phi) is 4.12. The van der Waals surface area contributed by atoms with Gasteiger partial charge in [0, 0.05) is 18.4 Å². The molecule has 1 atom stereocenters. The molecule has 0 N–H and O–H groups in total. The van der Waals surface area contributed by atoms with E-state index in [1.807, 2.05) is 18.2 Å². The third-order valence-electron chi connectivity index (χ3n) is 3.57. The Balaban J connectivity index is 1.38. The average Bonchev–Trinajstić information content (AvgIpc) is 3.34. The molecule has 8 nitrogen and oxygen atoms in total. The van der Waals surface area contributed by atoms with Crippen molar-refractivity contribution >= 4 is 11.8 Å². The maximum absolute atomic E-state index is 5.63. The number of hydrogen-bond acceptors (Lipinski definition) is 8. The van der Waals surface area contributed by atoms with Gasteiger partial charge in [-0.15, -0.1) is 5.10 Å². The molecular formula is C14H15N5O3S. The Labute approximate surface area is 136 Å². The predicted molar refractivity (Wildman–Crippen MR) is 80.6 cm³/mol. The van der Waals surface area contributed by atoms with Gasteiger partial charge >= 0.3 is 0 Å². The van der Waals surface area contributed by atoms with Gasteiger partial charge in [0.05, 0.1) is 24.6 Å². The highest BCUT2D eigenvalue weighted by molar-refractivity contribution is 7.98. The van der Waals surface area contributed by atoms with Crippen molar-refractivity contribution < 1.29 is 13.7 Å². The molecule has 120 valence electrons. The fraction of sp³-hybridized carbons (Fsp3) is 0.429. The van der Waals surface area contributed by atoms with Crippen LogP contribution < -0.4 is 0 Å². The quantitative estimate of drug-likeness (QED) is 0.635. The number of aromatic nitrogens is 5. The van der Waals surface area contributed by atoms with Crippen molar-refractivity contribution in [3.8, 4) is 11.5 Å². The van der Waals surface area contributed by atoms with Gasteiger partial charge in [-0.05, 0) is 35.4 Å². The van der Waals surface area contributed by atoms with Crippen LogP contribution in [-0.4, -0.2) is 38.1 Å². The molecule has 0 saturated carbocycles. The Morgan fingerprint density at radius 2 is 2.35 bits per heavy atom. The van der Waals surface area contributed by atoms with Crippen molar-refractivity contribution in [2.24, 2.45) is 0 Å². The number of furan rings is 1. The lowest BCUT2D eigenvalue weighted by molar-refractivity contribution is 0.0912. The smallest absolute Gasteiger partial charge is 0.209 e. The van der Waals surface area contributed by atoms with E-state index in [0.717, 1.165) is 30.3 Å². The molecule has 0 aliphatic carbocycles. The molecule has 0 radical (unpaired) electrons. The monoisotopic (exact) mass is 333 g/mol. The van der Waals surface area contributed by atoms with Gasteiger partial charge in [0.1, 0.15) is 0 Å². The van der Waals surface area contributed by atoms with E-state index in [9.17, 15) is 0 Å². The van der Waals surface area contributed by atoms with Crippen LogP contribution in [0.2, 0.25) is 0 Å². The number of tetrazole rings is 1. The van der Waals surface area contributed by atoms with Crippen LogP contribution in [0.25, 0.3) is 11.5 Å². The van der Waals surface area contributed by atoms with Crippen molar-refractivity contribution in [2.75, 3.05) is 6.61 Å². The number of thioether (sulfide) groups is 1. The maximum atomic E-state index is 5.63. The maximum Gasteiger partial charge on any atom is 0.209 e. The molecule has 0 aromatic carbocycles. The molecule has 0 bridgehead atoms. The molecule has 4 heterocycles. The SMILES string of the molecule is c1coc(-c2cc(CSc3nnnn3C[C@@H]3CCCO3)no2)c1. The van der Waals surface area contributed by atoms with Crippen molar-refractivity contribution in [1.82, 2.24) is 25.4 Å². The van der Waals surface area contributed by atoms with Crippen LogP contribution in [0.15, 0.2) is 38.6 Å². The molecule has 3 aromatic heterocycles. The van der Waals surface area contributed by atoms with Gasteiger partial charge in [0.2, 0.25) is 10.9 Å². The summed E-state index contributed by atoms with van der Waals surface area (Å²) in [4.78, 5) is 0. The lowest BCUT2D eigenvalue weighted by Crippen LogP contribution is -2.16. The summed E-state index contributed by atoms with van der Waals surface area (Å²) in [5.41, 5.74) is 0.813. The molecule has 3 aromatic rings. The summed E-state index contributed by atoms with van der Waals surface area (Å²) in [6.07, 6.45) is 3.96. The minimum absolute atomic E-state index is 0.204. The Morgan fingerprint density at radius 3 is 3.17 bits per heavy atom. The fourth-order valence-electron chi connectivity index (χ4n) is 2.45. The molecule has 23 heavy (non-hydrogen) atoms. The molecule has 1 fully saturated rings. The molecular weight excluding hydrogens is 318 g/mol. The zero-order valence-electron chi connectivity index (χ0n) is 12.3. The summed E-state index contributed by atoms with van der Waals surface area (Å²) in [5, 5.41) is 16.6. The fourth-order valence-corrected chi connectivity index (χ4v) is 3.22. The van der Waals surface area contributed by atoms with Crippen LogP contribution in [0.5, 0.6) is 0 Å². The zero-order valence-corrected chi connectivity index (χ0v) is 13.1. The van der Waals surface area contributed by atoms with Gasteiger partial charge in [0.15, 0.2) is 5.76 Å². The zero-order chi connectivity index (χ0) is 15.5. The summed E-state index contributed by atoms with van der Waals surface area (Å²) in [7, 11) is 0. The molecule has 9 heteroatoms. The van der Waals surface area contributed by atoms with Gasteiger partial charge in [-0.3, -0.25) is 0 Å². The van der Waals surface area contributed by atoms with Crippen molar-refractivity contribution in [3.05, 3.63) is 30.2 Å². The van der Waals surface area contributed by atoms with Gasteiger partial charge in [-0.2, -0.15) is 0 Å². The van der Waals surface area contributed by atoms with E-state index >= 15 is 0 Å². The summed E-state index contributed by atoms with van der Waals surface area (Å²) < 4.78 is 18.0. The molecule has 4 rings (SSSR count). The number of rotatable bonds is 6. The van der Waals surface area contributed by atoms with Crippen molar-refractivity contribution in [3.63, 3.8) is 0 Å². The first-order valence-corrected chi connectivity index (χ1v) is 8.37. The topological polar surface area (TPSA) is 92.0 Å². The van der Waals surface area contributed by atoms with Crippen LogP contribution in [0, 0.1) is 0 Å². The first kappa shape index (κ1) is 14.5. The lowest BCUT2D eigenvalue weighted by Gasteiger charge is -2.09. The van der Waals surface area contributed by atoms with Crippen LogP contribution in [0.4, 0.5) is 0 Å². The van der Waals surface area contributed by atoms with E-state index < -0.39 is 0 Å². The Morgan fingerprint density at radius 1 is 1.35 bits per heavy atom. The second-order valence-corrected chi connectivity index (χ2v) is 6.17. The molecule has 1 aliphatic heterocycles. The average molecular weight is 333 g/mol. The normalized spacial score (nSPS) is 17.8. The van der Waals surface area contributed by atoms with E-state index in [4.69, 9.17) is 13.7 Å². The van der Waals surface area contributed by atoms with Gasteiger partial charge in [0.25, 0.3) is 0 Å². The van der Waals surface area contributed by atoms with E-state index in [-0.39, 0.29) is 6.10 Å². The van der Waals surface area contributed by atoms with Crippen LogP contribution in [0.1, 0.15) is 18.5 Å². The highest BCUT2D eigenvalue weighted by atomic mass is 32.2. The largest absolute Gasteiger partial charge is 0.461 e. The highest BCUT2D eigenvalue weighted by Gasteiger charge is 2.19. The third kappa shape index (κ3) is 3.30. The first-order chi connectivity index (χ1) is 11.4. The summed E-state index contributed by atoms with van der Waals surface area (Å²) in [6.45, 7) is 1.51.